The van der Waals surface area contributed by atoms with Crippen LogP contribution in [0.4, 0.5) is 5.69 Å². The second-order valence-corrected chi connectivity index (χ2v) is 6.92. The maximum atomic E-state index is 13.1. The molecule has 25 heavy (non-hydrogen) atoms. The van der Waals surface area contributed by atoms with Gasteiger partial charge < -0.3 is 14.2 Å². The molecule has 4 rings (SSSR count). The van der Waals surface area contributed by atoms with Gasteiger partial charge in [-0.2, -0.15) is 0 Å². The van der Waals surface area contributed by atoms with Crippen molar-refractivity contribution < 1.29 is 14.0 Å². The molecule has 2 fully saturated rings. The molecule has 1 unspecified atom stereocenters. The van der Waals surface area contributed by atoms with Crippen molar-refractivity contribution in [2.24, 2.45) is 5.41 Å². The highest BCUT2D eigenvalue weighted by atomic mass is 16.3. The van der Waals surface area contributed by atoms with Crippen LogP contribution in [0.3, 0.4) is 0 Å². The van der Waals surface area contributed by atoms with Crippen LogP contribution in [-0.2, 0) is 4.79 Å². The van der Waals surface area contributed by atoms with Gasteiger partial charge in [0, 0.05) is 25.8 Å². The van der Waals surface area contributed by atoms with Crippen molar-refractivity contribution in [2.45, 2.75) is 26.2 Å². The molecular weight excluding hydrogens is 318 g/mol. The van der Waals surface area contributed by atoms with Crippen LogP contribution in [0, 0.1) is 12.3 Å². The number of aromatic nitrogens is 1. The first kappa shape index (κ1) is 15.9. The lowest BCUT2D eigenvalue weighted by Gasteiger charge is -2.39. The first-order chi connectivity index (χ1) is 12.1. The Morgan fingerprint density at radius 2 is 2.16 bits per heavy atom. The van der Waals surface area contributed by atoms with Gasteiger partial charge in [-0.15, -0.1) is 0 Å². The minimum atomic E-state index is -0.471. The third kappa shape index (κ3) is 2.62. The van der Waals surface area contributed by atoms with Gasteiger partial charge in [0.1, 0.15) is 5.76 Å². The molecule has 2 aliphatic heterocycles. The Hall–Kier alpha value is -2.63. The van der Waals surface area contributed by atoms with E-state index in [1.807, 2.05) is 21.9 Å². The minimum Gasteiger partial charge on any atom is -0.469 e. The molecule has 0 N–H and O–H groups in total. The fourth-order valence-electron chi connectivity index (χ4n) is 4.04. The molecule has 6 nitrogen and oxygen atoms in total. The van der Waals surface area contributed by atoms with Crippen LogP contribution in [0.25, 0.3) is 0 Å². The summed E-state index contributed by atoms with van der Waals surface area (Å²) >= 11 is 0. The number of likely N-dealkylation sites (tertiary alicyclic amines) is 1. The lowest BCUT2D eigenvalue weighted by molar-refractivity contribution is -0.127. The van der Waals surface area contributed by atoms with Crippen molar-refractivity contribution in [3.05, 3.63) is 48.2 Å². The predicted molar refractivity (Wildman–Crippen MR) is 92.2 cm³/mol. The van der Waals surface area contributed by atoms with E-state index in [4.69, 9.17) is 4.42 Å². The number of amides is 2. The van der Waals surface area contributed by atoms with E-state index in [0.717, 1.165) is 24.9 Å². The molecule has 2 saturated heterocycles. The summed E-state index contributed by atoms with van der Waals surface area (Å²) in [5, 5.41) is 0. The quantitative estimate of drug-likeness (QED) is 0.844. The van der Waals surface area contributed by atoms with E-state index in [9.17, 15) is 9.59 Å². The van der Waals surface area contributed by atoms with E-state index in [1.54, 1.807) is 25.4 Å². The van der Waals surface area contributed by atoms with Gasteiger partial charge in [-0.25, -0.2) is 0 Å². The Morgan fingerprint density at radius 1 is 1.28 bits per heavy atom. The first-order valence-corrected chi connectivity index (χ1v) is 8.66. The minimum absolute atomic E-state index is 0.0436. The van der Waals surface area contributed by atoms with Gasteiger partial charge in [-0.3, -0.25) is 14.6 Å². The Bertz CT molecular complexity index is 801. The van der Waals surface area contributed by atoms with Gasteiger partial charge in [0.25, 0.3) is 5.91 Å². The summed E-state index contributed by atoms with van der Waals surface area (Å²) < 4.78 is 5.26. The fraction of sp³-hybridized carbons (Fsp3) is 0.421. The second kappa shape index (κ2) is 6.02. The number of rotatable bonds is 2. The second-order valence-electron chi connectivity index (χ2n) is 6.92. The molecule has 4 heterocycles. The largest absolute Gasteiger partial charge is 0.469 e. The molecule has 6 heteroatoms. The standard InChI is InChI=1S/C19H21N3O3/c1-14-16(5-11-25-14)17(23)21-9-3-6-19(13-21)7-10-22(18(19)24)15-4-2-8-20-12-15/h2,4-5,8,11-12H,3,6-7,9-10,13H2,1H3. The lowest BCUT2D eigenvalue weighted by atomic mass is 9.78. The molecule has 0 aromatic carbocycles. The van der Waals surface area contributed by atoms with Gasteiger partial charge in [0.2, 0.25) is 5.91 Å². The molecule has 1 spiro atoms. The summed E-state index contributed by atoms with van der Waals surface area (Å²) in [5.74, 6) is 0.694. The highest BCUT2D eigenvalue weighted by Gasteiger charge is 2.50. The Labute approximate surface area is 146 Å². The van der Waals surface area contributed by atoms with Crippen molar-refractivity contribution in [2.75, 3.05) is 24.5 Å². The summed E-state index contributed by atoms with van der Waals surface area (Å²) in [4.78, 5) is 33.7. The lowest BCUT2D eigenvalue weighted by Crippen LogP contribution is -2.50. The van der Waals surface area contributed by atoms with Crippen molar-refractivity contribution >= 4 is 17.5 Å². The molecule has 0 radical (unpaired) electrons. The van der Waals surface area contributed by atoms with Crippen molar-refractivity contribution in [1.82, 2.24) is 9.88 Å². The molecule has 1 atom stereocenters. The van der Waals surface area contributed by atoms with Gasteiger partial charge >= 0.3 is 0 Å². The predicted octanol–water partition coefficient (Wildman–Crippen LogP) is 2.64. The van der Waals surface area contributed by atoms with E-state index in [0.29, 0.717) is 31.0 Å². The Balaban J connectivity index is 1.56. The summed E-state index contributed by atoms with van der Waals surface area (Å²) in [6.07, 6.45) is 7.40. The third-order valence-corrected chi connectivity index (χ3v) is 5.42. The van der Waals surface area contributed by atoms with Crippen LogP contribution in [0.2, 0.25) is 0 Å². The summed E-state index contributed by atoms with van der Waals surface area (Å²) in [7, 11) is 0. The van der Waals surface area contributed by atoms with Crippen LogP contribution in [0.15, 0.2) is 41.3 Å². The zero-order valence-electron chi connectivity index (χ0n) is 14.3. The van der Waals surface area contributed by atoms with Crippen molar-refractivity contribution in [3.63, 3.8) is 0 Å². The molecular formula is C19H21N3O3. The number of piperidine rings is 1. The number of pyridine rings is 1. The van der Waals surface area contributed by atoms with Gasteiger partial charge in [0.15, 0.2) is 0 Å². The average Bonchev–Trinajstić information content (AvgIpc) is 3.20. The number of carbonyl (C=O) groups is 2. The van der Waals surface area contributed by atoms with E-state index < -0.39 is 5.41 Å². The molecule has 2 aliphatic rings. The van der Waals surface area contributed by atoms with Crippen LogP contribution in [0.1, 0.15) is 35.4 Å². The molecule has 0 bridgehead atoms. The monoisotopic (exact) mass is 339 g/mol. The van der Waals surface area contributed by atoms with Crippen LogP contribution < -0.4 is 4.90 Å². The third-order valence-electron chi connectivity index (χ3n) is 5.42. The molecule has 2 amide bonds. The zero-order chi connectivity index (χ0) is 17.4. The average molecular weight is 339 g/mol. The van der Waals surface area contributed by atoms with Gasteiger partial charge in [-0.05, 0) is 44.4 Å². The highest BCUT2D eigenvalue weighted by Crippen LogP contribution is 2.42. The SMILES string of the molecule is Cc1occc1C(=O)N1CCCC2(CCN(c3cccnc3)C2=O)C1. The van der Waals surface area contributed by atoms with Crippen LogP contribution >= 0.6 is 0 Å². The maximum Gasteiger partial charge on any atom is 0.257 e. The number of furan rings is 1. The number of nitrogens with zero attached hydrogens (tertiary/aromatic N) is 3. The molecule has 0 saturated carbocycles. The fourth-order valence-corrected chi connectivity index (χ4v) is 4.04. The van der Waals surface area contributed by atoms with E-state index in [1.165, 1.54) is 6.26 Å². The smallest absolute Gasteiger partial charge is 0.257 e. The van der Waals surface area contributed by atoms with Gasteiger partial charge in [0.05, 0.1) is 29.1 Å². The first-order valence-electron chi connectivity index (χ1n) is 8.66. The number of hydrogen-bond acceptors (Lipinski definition) is 4. The highest BCUT2D eigenvalue weighted by molar-refractivity contribution is 6.01. The number of anilines is 1. The number of carbonyl (C=O) groups excluding carboxylic acids is 2. The maximum absolute atomic E-state index is 13.1. The number of aryl methyl sites for hydroxylation is 1. The van der Waals surface area contributed by atoms with E-state index in [-0.39, 0.29) is 11.8 Å². The Morgan fingerprint density at radius 3 is 2.88 bits per heavy atom. The van der Waals surface area contributed by atoms with Crippen LogP contribution in [-0.4, -0.2) is 41.3 Å². The molecule has 2 aromatic heterocycles. The van der Waals surface area contributed by atoms with Gasteiger partial charge in [-0.1, -0.05) is 0 Å². The normalized spacial score (nSPS) is 23.5. The van der Waals surface area contributed by atoms with E-state index in [2.05, 4.69) is 4.98 Å². The van der Waals surface area contributed by atoms with E-state index >= 15 is 0 Å². The number of hydrogen-bond donors (Lipinski definition) is 0. The molecule has 130 valence electrons. The zero-order valence-corrected chi connectivity index (χ0v) is 14.3. The summed E-state index contributed by atoms with van der Waals surface area (Å²) in [6.45, 7) is 3.63. The topological polar surface area (TPSA) is 66.7 Å². The summed E-state index contributed by atoms with van der Waals surface area (Å²) in [5.41, 5.74) is 0.951. The summed E-state index contributed by atoms with van der Waals surface area (Å²) in [6, 6.07) is 5.45. The molecule has 2 aromatic rings. The molecule has 0 aliphatic carbocycles. The van der Waals surface area contributed by atoms with Crippen LogP contribution in [0.5, 0.6) is 0 Å². The van der Waals surface area contributed by atoms with Crippen molar-refractivity contribution in [3.8, 4) is 0 Å². The Kier molecular flexibility index (Phi) is 3.82. The van der Waals surface area contributed by atoms with Crippen molar-refractivity contribution in [1.29, 1.82) is 0 Å².